The molecule has 1 atom stereocenters. The Labute approximate surface area is 169 Å². The molecule has 2 heterocycles. The van der Waals surface area contributed by atoms with E-state index in [1.54, 1.807) is 6.07 Å². The van der Waals surface area contributed by atoms with Crippen LogP contribution in [0.5, 0.6) is 0 Å². The molecular weight excluding hydrogens is 366 g/mol. The fourth-order valence-electron chi connectivity index (χ4n) is 4.04. The molecule has 0 saturated carbocycles. The van der Waals surface area contributed by atoms with Crippen LogP contribution in [-0.4, -0.2) is 25.2 Å². The number of nitrogens with zero attached hydrogens (tertiary/aromatic N) is 4. The number of benzene rings is 1. The summed E-state index contributed by atoms with van der Waals surface area (Å²) in [5.41, 5.74) is 3.68. The third-order valence-electron chi connectivity index (χ3n) is 5.65. The normalized spacial score (nSPS) is 14.8. The van der Waals surface area contributed by atoms with Gasteiger partial charge in [0, 0.05) is 13.1 Å². The molecule has 1 aromatic carbocycles. The molecule has 7 heteroatoms. The molecule has 7 nitrogen and oxygen atoms in total. The smallest absolute Gasteiger partial charge is 0.267 e. The average molecular weight is 393 g/mol. The predicted octanol–water partition coefficient (Wildman–Crippen LogP) is 2.52. The van der Waals surface area contributed by atoms with Crippen molar-refractivity contribution in [3.63, 3.8) is 0 Å². The van der Waals surface area contributed by atoms with E-state index in [1.165, 1.54) is 4.68 Å². The van der Waals surface area contributed by atoms with E-state index >= 15 is 0 Å². The number of amides is 1. The summed E-state index contributed by atoms with van der Waals surface area (Å²) in [7, 11) is 1.96. The van der Waals surface area contributed by atoms with Crippen molar-refractivity contribution in [2.75, 3.05) is 0 Å². The number of fused-ring (bicyclic) bond motifs is 2. The van der Waals surface area contributed by atoms with E-state index in [-0.39, 0.29) is 30.0 Å². The van der Waals surface area contributed by atoms with E-state index in [0.717, 1.165) is 53.8 Å². The fraction of sp³-hybridized carbons (Fsp3) is 0.455. The van der Waals surface area contributed by atoms with Crippen LogP contribution in [0.1, 0.15) is 49.8 Å². The molecule has 0 aliphatic heterocycles. The molecule has 2 aromatic heterocycles. The third kappa shape index (κ3) is 3.81. The van der Waals surface area contributed by atoms with Gasteiger partial charge in [0.2, 0.25) is 5.91 Å². The molecule has 0 bridgehead atoms. The quantitative estimate of drug-likeness (QED) is 0.722. The zero-order valence-corrected chi connectivity index (χ0v) is 17.2. The van der Waals surface area contributed by atoms with Crippen molar-refractivity contribution < 1.29 is 4.79 Å². The van der Waals surface area contributed by atoms with Gasteiger partial charge in [0.15, 0.2) is 0 Å². The number of imidazole rings is 1. The number of rotatable bonds is 5. The molecule has 0 unspecified atom stereocenters. The van der Waals surface area contributed by atoms with Gasteiger partial charge < -0.3 is 9.88 Å². The highest BCUT2D eigenvalue weighted by Crippen LogP contribution is 2.24. The molecule has 1 aliphatic rings. The lowest BCUT2D eigenvalue weighted by molar-refractivity contribution is -0.123. The zero-order chi connectivity index (χ0) is 20.5. The lowest BCUT2D eigenvalue weighted by Gasteiger charge is -2.22. The van der Waals surface area contributed by atoms with Crippen LogP contribution in [0, 0.1) is 5.92 Å². The molecule has 29 heavy (non-hydrogen) atoms. The van der Waals surface area contributed by atoms with Gasteiger partial charge in [-0.15, -0.1) is 0 Å². The number of nitrogens with one attached hydrogen (secondary N) is 1. The number of para-hydroxylation sites is 2. The molecule has 1 aliphatic carbocycles. The summed E-state index contributed by atoms with van der Waals surface area (Å²) in [5, 5.41) is 7.52. The Balaban J connectivity index is 1.57. The van der Waals surface area contributed by atoms with Crippen molar-refractivity contribution in [2.24, 2.45) is 13.0 Å². The van der Waals surface area contributed by atoms with E-state index in [4.69, 9.17) is 4.98 Å². The van der Waals surface area contributed by atoms with Gasteiger partial charge in [0.25, 0.3) is 5.56 Å². The molecule has 152 valence electrons. The standard InChI is InChI=1S/C22H27N5O2/c1-14(2)21(22-23-17-10-6-7-11-18(17)26(22)3)24-19(28)13-27-20(29)12-15-8-4-5-9-16(15)25-27/h6-7,10-12,14,21H,4-5,8-9,13H2,1-3H3,(H,24,28)/t21-/m1/s1. The highest BCUT2D eigenvalue weighted by Gasteiger charge is 2.24. The maximum Gasteiger partial charge on any atom is 0.267 e. The first-order valence-corrected chi connectivity index (χ1v) is 10.2. The summed E-state index contributed by atoms with van der Waals surface area (Å²) in [5.74, 6) is 0.712. The summed E-state index contributed by atoms with van der Waals surface area (Å²) in [6, 6.07) is 9.30. The molecule has 4 rings (SSSR count). The molecular formula is C22H27N5O2. The van der Waals surface area contributed by atoms with E-state index in [1.807, 2.05) is 49.7 Å². The topological polar surface area (TPSA) is 81.8 Å². The lowest BCUT2D eigenvalue weighted by Crippen LogP contribution is -2.38. The van der Waals surface area contributed by atoms with Gasteiger partial charge >= 0.3 is 0 Å². The van der Waals surface area contributed by atoms with Crippen molar-refractivity contribution in [1.29, 1.82) is 0 Å². The number of hydrogen-bond acceptors (Lipinski definition) is 4. The summed E-state index contributed by atoms with van der Waals surface area (Å²) in [4.78, 5) is 29.9. The molecule has 0 saturated heterocycles. The number of aromatic nitrogens is 4. The first-order chi connectivity index (χ1) is 13.9. The Morgan fingerprint density at radius 3 is 2.72 bits per heavy atom. The molecule has 3 aromatic rings. The highest BCUT2D eigenvalue weighted by atomic mass is 16.2. The Hall–Kier alpha value is -2.96. The van der Waals surface area contributed by atoms with E-state index in [2.05, 4.69) is 10.4 Å². The number of carbonyl (C=O) groups excluding carboxylic acids is 1. The number of aryl methyl sites for hydroxylation is 3. The summed E-state index contributed by atoms with van der Waals surface area (Å²) in [6.45, 7) is 4.01. The molecule has 0 radical (unpaired) electrons. The minimum absolute atomic E-state index is 0.0841. The van der Waals surface area contributed by atoms with Gasteiger partial charge in [0.05, 0.1) is 22.8 Å². The van der Waals surface area contributed by atoms with Crippen molar-refractivity contribution >= 4 is 16.9 Å². The molecule has 0 fully saturated rings. The van der Waals surface area contributed by atoms with Crippen molar-refractivity contribution in [1.82, 2.24) is 24.6 Å². The van der Waals surface area contributed by atoms with Crippen LogP contribution in [0.2, 0.25) is 0 Å². The van der Waals surface area contributed by atoms with Crippen LogP contribution in [0.15, 0.2) is 35.1 Å². The Kier molecular flexibility index (Phi) is 5.22. The van der Waals surface area contributed by atoms with Crippen LogP contribution >= 0.6 is 0 Å². The van der Waals surface area contributed by atoms with E-state index in [9.17, 15) is 9.59 Å². The maximum atomic E-state index is 12.8. The van der Waals surface area contributed by atoms with Gasteiger partial charge in [-0.25, -0.2) is 9.67 Å². The van der Waals surface area contributed by atoms with Gasteiger partial charge in [-0.1, -0.05) is 26.0 Å². The van der Waals surface area contributed by atoms with E-state index in [0.29, 0.717) is 0 Å². The highest BCUT2D eigenvalue weighted by molar-refractivity contribution is 5.78. The second-order valence-electron chi connectivity index (χ2n) is 8.13. The third-order valence-corrected chi connectivity index (χ3v) is 5.65. The Bertz CT molecular complexity index is 1110. The molecule has 1 N–H and O–H groups in total. The first kappa shape index (κ1) is 19.4. The first-order valence-electron chi connectivity index (χ1n) is 10.2. The minimum atomic E-state index is -0.256. The monoisotopic (exact) mass is 393 g/mol. The fourth-order valence-corrected chi connectivity index (χ4v) is 4.04. The van der Waals surface area contributed by atoms with Crippen LogP contribution < -0.4 is 10.9 Å². The summed E-state index contributed by atoms with van der Waals surface area (Å²) in [6.07, 6.45) is 3.93. The van der Waals surface area contributed by atoms with Gasteiger partial charge in [-0.3, -0.25) is 9.59 Å². The summed E-state index contributed by atoms with van der Waals surface area (Å²) >= 11 is 0. The van der Waals surface area contributed by atoms with Gasteiger partial charge in [0.1, 0.15) is 12.4 Å². The van der Waals surface area contributed by atoms with Gasteiger partial charge in [-0.2, -0.15) is 5.10 Å². The Morgan fingerprint density at radius 1 is 1.21 bits per heavy atom. The van der Waals surface area contributed by atoms with E-state index < -0.39 is 0 Å². The second-order valence-corrected chi connectivity index (χ2v) is 8.13. The van der Waals surface area contributed by atoms with Crippen molar-refractivity contribution in [3.05, 3.63) is 57.8 Å². The summed E-state index contributed by atoms with van der Waals surface area (Å²) < 4.78 is 3.30. The van der Waals surface area contributed by atoms with Crippen molar-refractivity contribution in [3.8, 4) is 0 Å². The minimum Gasteiger partial charge on any atom is -0.344 e. The van der Waals surface area contributed by atoms with Crippen LogP contribution in [0.3, 0.4) is 0 Å². The molecule has 0 spiro atoms. The number of carbonyl (C=O) groups is 1. The van der Waals surface area contributed by atoms with Gasteiger partial charge in [-0.05, 0) is 49.3 Å². The van der Waals surface area contributed by atoms with Crippen LogP contribution in [-0.2, 0) is 31.2 Å². The Morgan fingerprint density at radius 2 is 1.97 bits per heavy atom. The van der Waals surface area contributed by atoms with Crippen LogP contribution in [0.4, 0.5) is 0 Å². The average Bonchev–Trinajstić information content (AvgIpc) is 3.03. The SMILES string of the molecule is CC(C)[C@@H](NC(=O)Cn1nc2c(cc1=O)CCCC2)c1nc2ccccc2n1C. The lowest BCUT2D eigenvalue weighted by atomic mass is 9.97. The zero-order valence-electron chi connectivity index (χ0n) is 17.2. The second kappa shape index (κ2) is 7.81. The molecule has 1 amide bonds. The largest absolute Gasteiger partial charge is 0.344 e. The van der Waals surface area contributed by atoms with Crippen LogP contribution in [0.25, 0.3) is 11.0 Å². The maximum absolute atomic E-state index is 12.8. The predicted molar refractivity (Wildman–Crippen MR) is 112 cm³/mol. The number of hydrogen-bond donors (Lipinski definition) is 1. The van der Waals surface area contributed by atoms with Crippen molar-refractivity contribution in [2.45, 2.75) is 52.1 Å².